The van der Waals surface area contributed by atoms with Gasteiger partial charge in [-0.1, -0.05) is 6.42 Å². The van der Waals surface area contributed by atoms with Crippen LogP contribution in [0.2, 0.25) is 0 Å². The van der Waals surface area contributed by atoms with Gasteiger partial charge in [-0.3, -0.25) is 0 Å². The van der Waals surface area contributed by atoms with E-state index in [1.807, 2.05) is 0 Å². The van der Waals surface area contributed by atoms with E-state index in [9.17, 15) is 5.11 Å². The van der Waals surface area contributed by atoms with E-state index in [2.05, 4.69) is 4.90 Å². The van der Waals surface area contributed by atoms with Gasteiger partial charge in [-0.15, -0.1) is 11.6 Å². The van der Waals surface area contributed by atoms with E-state index in [-0.39, 0.29) is 6.10 Å². The molecular formula is C8H16ClNO. The highest BCUT2D eigenvalue weighted by atomic mass is 35.5. The predicted molar refractivity (Wildman–Crippen MR) is 47.0 cm³/mol. The minimum atomic E-state index is -0.338. The van der Waals surface area contributed by atoms with E-state index in [1.165, 1.54) is 19.3 Å². The van der Waals surface area contributed by atoms with Gasteiger partial charge in [0.1, 0.15) is 0 Å². The van der Waals surface area contributed by atoms with Gasteiger partial charge in [0.2, 0.25) is 0 Å². The Labute approximate surface area is 73.1 Å². The lowest BCUT2D eigenvalue weighted by atomic mass is 10.1. The fourth-order valence-electron chi connectivity index (χ4n) is 1.49. The minimum Gasteiger partial charge on any atom is -0.391 e. The lowest BCUT2D eigenvalue weighted by molar-refractivity contribution is 0.116. The van der Waals surface area contributed by atoms with Crippen LogP contribution in [0.5, 0.6) is 0 Å². The first-order chi connectivity index (χ1) is 5.33. The fraction of sp³-hybridized carbons (Fsp3) is 1.00. The third kappa shape index (κ3) is 3.41. The molecule has 1 rings (SSSR count). The number of hydrogen-bond donors (Lipinski definition) is 1. The molecule has 1 unspecified atom stereocenters. The quantitative estimate of drug-likeness (QED) is 0.653. The Kier molecular flexibility index (Phi) is 4.20. The van der Waals surface area contributed by atoms with Crippen molar-refractivity contribution in [3.63, 3.8) is 0 Å². The second kappa shape index (κ2) is 4.96. The summed E-state index contributed by atoms with van der Waals surface area (Å²) in [6.45, 7) is 3.02. The Hall–Kier alpha value is 0.210. The molecule has 1 N–H and O–H groups in total. The number of aliphatic hydroxyl groups excluding tert-OH is 1. The van der Waals surface area contributed by atoms with Crippen LogP contribution in [-0.2, 0) is 0 Å². The Balaban J connectivity index is 2.13. The molecule has 0 radical (unpaired) electrons. The highest BCUT2D eigenvalue weighted by molar-refractivity contribution is 6.18. The third-order valence-electron chi connectivity index (χ3n) is 2.10. The smallest absolute Gasteiger partial charge is 0.0802 e. The maximum Gasteiger partial charge on any atom is 0.0802 e. The zero-order valence-corrected chi connectivity index (χ0v) is 7.56. The molecule has 2 nitrogen and oxygen atoms in total. The molecular weight excluding hydrogens is 162 g/mol. The second-order valence-corrected chi connectivity index (χ2v) is 3.48. The van der Waals surface area contributed by atoms with E-state index in [0.29, 0.717) is 5.88 Å². The van der Waals surface area contributed by atoms with Crippen LogP contribution in [-0.4, -0.2) is 41.6 Å². The van der Waals surface area contributed by atoms with Crippen molar-refractivity contribution in [1.82, 2.24) is 4.90 Å². The first-order valence-corrected chi connectivity index (χ1v) is 4.83. The van der Waals surface area contributed by atoms with E-state index < -0.39 is 0 Å². The van der Waals surface area contributed by atoms with Gasteiger partial charge in [-0.2, -0.15) is 0 Å². The number of alkyl halides is 1. The molecule has 3 heteroatoms. The van der Waals surface area contributed by atoms with Crippen molar-refractivity contribution in [3.8, 4) is 0 Å². The average Bonchev–Trinajstić information content (AvgIpc) is 2.06. The summed E-state index contributed by atoms with van der Waals surface area (Å²) in [5.41, 5.74) is 0. The van der Waals surface area contributed by atoms with Crippen molar-refractivity contribution < 1.29 is 5.11 Å². The number of piperidine rings is 1. The molecule has 1 heterocycles. The molecule has 0 aromatic rings. The Morgan fingerprint density at radius 2 is 1.91 bits per heavy atom. The lowest BCUT2D eigenvalue weighted by Crippen LogP contribution is -2.36. The summed E-state index contributed by atoms with van der Waals surface area (Å²) < 4.78 is 0. The van der Waals surface area contributed by atoms with Crippen LogP contribution in [0.25, 0.3) is 0 Å². The van der Waals surface area contributed by atoms with Crippen LogP contribution in [0.1, 0.15) is 19.3 Å². The van der Waals surface area contributed by atoms with Crippen LogP contribution in [0.4, 0.5) is 0 Å². The highest BCUT2D eigenvalue weighted by Crippen LogP contribution is 2.08. The van der Waals surface area contributed by atoms with Gasteiger partial charge >= 0.3 is 0 Å². The van der Waals surface area contributed by atoms with Crippen LogP contribution in [0.3, 0.4) is 0 Å². The summed E-state index contributed by atoms with van der Waals surface area (Å²) in [6, 6.07) is 0. The van der Waals surface area contributed by atoms with Crippen molar-refractivity contribution in [1.29, 1.82) is 0 Å². The van der Waals surface area contributed by atoms with Gasteiger partial charge in [-0.05, 0) is 25.9 Å². The lowest BCUT2D eigenvalue weighted by Gasteiger charge is -2.27. The number of hydrogen-bond acceptors (Lipinski definition) is 2. The summed E-state index contributed by atoms with van der Waals surface area (Å²) in [5.74, 6) is 0.358. The zero-order chi connectivity index (χ0) is 8.10. The summed E-state index contributed by atoms with van der Waals surface area (Å²) in [6.07, 6.45) is 3.55. The van der Waals surface area contributed by atoms with Gasteiger partial charge in [0.15, 0.2) is 0 Å². The molecule has 0 bridgehead atoms. The molecule has 1 saturated heterocycles. The van der Waals surface area contributed by atoms with Crippen molar-refractivity contribution >= 4 is 11.6 Å². The molecule has 0 saturated carbocycles. The number of aliphatic hydroxyl groups is 1. The van der Waals surface area contributed by atoms with Crippen molar-refractivity contribution in [3.05, 3.63) is 0 Å². The van der Waals surface area contributed by atoms with Crippen molar-refractivity contribution in [2.75, 3.05) is 25.5 Å². The predicted octanol–water partition coefficient (Wildman–Crippen LogP) is 1.07. The molecule has 66 valence electrons. The average molecular weight is 178 g/mol. The standard InChI is InChI=1S/C8H16ClNO/c9-6-8(11)7-10-4-2-1-3-5-10/h8,11H,1-7H2. The minimum absolute atomic E-state index is 0.338. The molecule has 0 aromatic heterocycles. The number of rotatable bonds is 3. The SMILES string of the molecule is OC(CCl)CN1CCCCC1. The molecule has 11 heavy (non-hydrogen) atoms. The van der Waals surface area contributed by atoms with E-state index in [4.69, 9.17) is 11.6 Å². The van der Waals surface area contributed by atoms with Crippen LogP contribution >= 0.6 is 11.6 Å². The van der Waals surface area contributed by atoms with E-state index in [0.717, 1.165) is 19.6 Å². The van der Waals surface area contributed by atoms with Gasteiger partial charge in [0.25, 0.3) is 0 Å². The third-order valence-corrected chi connectivity index (χ3v) is 2.45. The maximum absolute atomic E-state index is 9.24. The van der Waals surface area contributed by atoms with Crippen LogP contribution < -0.4 is 0 Å². The number of nitrogens with zero attached hydrogens (tertiary/aromatic N) is 1. The van der Waals surface area contributed by atoms with Gasteiger partial charge in [0, 0.05) is 12.4 Å². The van der Waals surface area contributed by atoms with E-state index >= 15 is 0 Å². The summed E-state index contributed by atoms with van der Waals surface area (Å²) >= 11 is 5.49. The Morgan fingerprint density at radius 3 is 2.45 bits per heavy atom. The molecule has 0 aliphatic carbocycles. The van der Waals surface area contributed by atoms with Crippen molar-refractivity contribution in [2.24, 2.45) is 0 Å². The summed E-state index contributed by atoms with van der Waals surface area (Å²) in [7, 11) is 0. The van der Waals surface area contributed by atoms with Gasteiger partial charge < -0.3 is 10.0 Å². The Bertz CT molecular complexity index is 104. The zero-order valence-electron chi connectivity index (χ0n) is 6.80. The number of halogens is 1. The fourth-order valence-corrected chi connectivity index (χ4v) is 1.59. The first kappa shape index (κ1) is 9.30. The van der Waals surface area contributed by atoms with Crippen LogP contribution in [0.15, 0.2) is 0 Å². The highest BCUT2D eigenvalue weighted by Gasteiger charge is 2.13. The summed E-state index contributed by atoms with van der Waals surface area (Å²) in [5, 5.41) is 9.24. The topological polar surface area (TPSA) is 23.5 Å². The maximum atomic E-state index is 9.24. The number of likely N-dealkylation sites (tertiary alicyclic amines) is 1. The van der Waals surface area contributed by atoms with Crippen molar-refractivity contribution in [2.45, 2.75) is 25.4 Å². The first-order valence-electron chi connectivity index (χ1n) is 4.29. The molecule has 1 fully saturated rings. The van der Waals surface area contributed by atoms with Gasteiger partial charge in [-0.25, -0.2) is 0 Å². The summed E-state index contributed by atoms with van der Waals surface area (Å²) in [4.78, 5) is 2.29. The molecule has 1 aliphatic heterocycles. The number of β-amino-alcohol motifs (C(OH)–C–C–N with tert-alkyl or cyclic N) is 1. The molecule has 1 aliphatic rings. The largest absolute Gasteiger partial charge is 0.391 e. The van der Waals surface area contributed by atoms with Crippen LogP contribution in [0, 0.1) is 0 Å². The molecule has 0 aromatic carbocycles. The molecule has 0 spiro atoms. The normalized spacial score (nSPS) is 23.5. The van der Waals surface area contributed by atoms with Gasteiger partial charge in [0.05, 0.1) is 6.10 Å². The van der Waals surface area contributed by atoms with E-state index in [1.54, 1.807) is 0 Å². The Morgan fingerprint density at radius 1 is 1.27 bits per heavy atom. The monoisotopic (exact) mass is 177 g/mol. The second-order valence-electron chi connectivity index (χ2n) is 3.17. The molecule has 1 atom stereocenters. The molecule has 0 amide bonds.